The van der Waals surface area contributed by atoms with Crippen molar-refractivity contribution >= 4 is 28.1 Å². The molecule has 0 bridgehead atoms. The standard InChI is InChI=1S/C19H27BrN2O4/c1-17(2,3)25-15(23)21-19(13-9-7-8-10-14(13)20)11-22(12-19)16(24)26-18(4,5)6/h7-10H,11-12H2,1-6H3,(H,21,23). The van der Waals surface area contributed by atoms with E-state index in [4.69, 9.17) is 9.47 Å². The Kier molecular flexibility index (Phi) is 5.61. The molecular weight excluding hydrogens is 400 g/mol. The summed E-state index contributed by atoms with van der Waals surface area (Å²) >= 11 is 3.54. The van der Waals surface area contributed by atoms with Gasteiger partial charge in [-0.1, -0.05) is 34.1 Å². The van der Waals surface area contributed by atoms with Crippen LogP contribution in [0.25, 0.3) is 0 Å². The van der Waals surface area contributed by atoms with E-state index >= 15 is 0 Å². The third-order valence-corrected chi connectivity index (χ3v) is 4.39. The number of alkyl carbamates (subject to hydrolysis) is 1. The van der Waals surface area contributed by atoms with E-state index in [0.29, 0.717) is 13.1 Å². The van der Waals surface area contributed by atoms with Crippen molar-refractivity contribution in [1.82, 2.24) is 10.2 Å². The highest BCUT2D eigenvalue weighted by Crippen LogP contribution is 2.37. The third kappa shape index (κ3) is 5.13. The second-order valence-corrected chi connectivity index (χ2v) is 9.38. The maximum absolute atomic E-state index is 12.4. The summed E-state index contributed by atoms with van der Waals surface area (Å²) < 4.78 is 11.7. The number of rotatable bonds is 2. The topological polar surface area (TPSA) is 67.9 Å². The molecule has 6 nitrogen and oxygen atoms in total. The van der Waals surface area contributed by atoms with Gasteiger partial charge in [-0.05, 0) is 53.2 Å². The molecule has 1 aliphatic rings. The van der Waals surface area contributed by atoms with Crippen LogP contribution in [0.1, 0.15) is 47.1 Å². The molecule has 1 aromatic carbocycles. The van der Waals surface area contributed by atoms with Crippen molar-refractivity contribution in [3.8, 4) is 0 Å². The van der Waals surface area contributed by atoms with Gasteiger partial charge in [0.05, 0.1) is 13.1 Å². The lowest BCUT2D eigenvalue weighted by Gasteiger charge is -2.50. The monoisotopic (exact) mass is 426 g/mol. The van der Waals surface area contributed by atoms with Crippen LogP contribution in [0, 0.1) is 0 Å². The average Bonchev–Trinajstić information content (AvgIpc) is 2.39. The van der Waals surface area contributed by atoms with Gasteiger partial charge in [0.2, 0.25) is 0 Å². The summed E-state index contributed by atoms with van der Waals surface area (Å²) in [7, 11) is 0. The van der Waals surface area contributed by atoms with Gasteiger partial charge in [-0.3, -0.25) is 0 Å². The Morgan fingerprint density at radius 2 is 1.58 bits per heavy atom. The molecule has 1 N–H and O–H groups in total. The molecule has 1 aliphatic heterocycles. The summed E-state index contributed by atoms with van der Waals surface area (Å²) in [5, 5.41) is 2.95. The van der Waals surface area contributed by atoms with Gasteiger partial charge < -0.3 is 19.7 Å². The zero-order chi connectivity index (χ0) is 19.8. The van der Waals surface area contributed by atoms with Crippen LogP contribution in [-0.4, -0.2) is 41.4 Å². The van der Waals surface area contributed by atoms with Crippen LogP contribution in [0.5, 0.6) is 0 Å². The molecular formula is C19H27BrN2O4. The van der Waals surface area contributed by atoms with Gasteiger partial charge >= 0.3 is 12.2 Å². The molecule has 144 valence electrons. The van der Waals surface area contributed by atoms with Gasteiger partial charge in [0.1, 0.15) is 16.7 Å². The maximum Gasteiger partial charge on any atom is 0.410 e. The van der Waals surface area contributed by atoms with Gasteiger partial charge in [-0.15, -0.1) is 0 Å². The molecule has 2 amide bonds. The normalized spacial score (nSPS) is 16.5. The number of hydrogen-bond acceptors (Lipinski definition) is 4. The summed E-state index contributed by atoms with van der Waals surface area (Å²) in [4.78, 5) is 26.3. The van der Waals surface area contributed by atoms with Crippen LogP contribution in [0.4, 0.5) is 9.59 Å². The Labute approximate surface area is 163 Å². The molecule has 2 rings (SSSR count). The molecule has 1 fully saturated rings. The van der Waals surface area contributed by atoms with Crippen molar-refractivity contribution in [2.75, 3.05) is 13.1 Å². The van der Waals surface area contributed by atoms with E-state index in [0.717, 1.165) is 10.0 Å². The minimum atomic E-state index is -0.723. The van der Waals surface area contributed by atoms with E-state index in [2.05, 4.69) is 21.2 Å². The second kappa shape index (κ2) is 7.10. The summed E-state index contributed by atoms with van der Waals surface area (Å²) in [5.74, 6) is 0. The molecule has 0 spiro atoms. The lowest BCUT2D eigenvalue weighted by atomic mass is 9.82. The smallest absolute Gasteiger partial charge is 0.410 e. The highest BCUT2D eigenvalue weighted by molar-refractivity contribution is 9.10. The molecule has 0 saturated carbocycles. The first kappa shape index (κ1) is 20.6. The van der Waals surface area contributed by atoms with Crippen molar-refractivity contribution in [2.24, 2.45) is 0 Å². The number of likely N-dealkylation sites (tertiary alicyclic amines) is 1. The Balaban J connectivity index is 2.20. The number of halogens is 1. The molecule has 1 heterocycles. The molecule has 7 heteroatoms. The number of hydrogen-bond donors (Lipinski definition) is 1. The fourth-order valence-electron chi connectivity index (χ4n) is 2.73. The first-order valence-corrected chi connectivity index (χ1v) is 9.35. The van der Waals surface area contributed by atoms with Gasteiger partial charge in [0.15, 0.2) is 0 Å². The highest BCUT2D eigenvalue weighted by atomic mass is 79.9. The van der Waals surface area contributed by atoms with Crippen LogP contribution in [0.3, 0.4) is 0 Å². The number of benzene rings is 1. The Bertz CT molecular complexity index is 686. The van der Waals surface area contributed by atoms with Gasteiger partial charge in [-0.2, -0.15) is 0 Å². The van der Waals surface area contributed by atoms with Crippen LogP contribution >= 0.6 is 15.9 Å². The van der Waals surface area contributed by atoms with E-state index in [1.807, 2.05) is 65.8 Å². The summed E-state index contributed by atoms with van der Waals surface area (Å²) in [6.07, 6.45) is -0.914. The number of nitrogens with one attached hydrogen (secondary N) is 1. The highest BCUT2D eigenvalue weighted by Gasteiger charge is 2.50. The van der Waals surface area contributed by atoms with E-state index in [-0.39, 0.29) is 0 Å². The predicted octanol–water partition coefficient (Wildman–Crippen LogP) is 4.42. The van der Waals surface area contributed by atoms with Crippen LogP contribution in [0.15, 0.2) is 28.7 Å². The van der Waals surface area contributed by atoms with E-state index < -0.39 is 28.9 Å². The molecule has 0 unspecified atom stereocenters. The lowest BCUT2D eigenvalue weighted by Crippen LogP contribution is -2.69. The Morgan fingerprint density at radius 1 is 1.04 bits per heavy atom. The van der Waals surface area contributed by atoms with E-state index in [1.54, 1.807) is 4.90 Å². The molecule has 1 saturated heterocycles. The second-order valence-electron chi connectivity index (χ2n) is 8.53. The third-order valence-electron chi connectivity index (χ3n) is 3.70. The molecule has 0 radical (unpaired) electrons. The summed E-state index contributed by atoms with van der Waals surface area (Å²) in [5.41, 5.74) is -1.00. The van der Waals surface area contributed by atoms with Crippen molar-refractivity contribution in [3.05, 3.63) is 34.3 Å². The summed E-state index contributed by atoms with van der Waals surface area (Å²) in [6.45, 7) is 11.5. The minimum absolute atomic E-state index is 0.309. The first-order valence-electron chi connectivity index (χ1n) is 8.55. The van der Waals surface area contributed by atoms with Crippen LogP contribution in [0.2, 0.25) is 0 Å². The van der Waals surface area contributed by atoms with Crippen LogP contribution < -0.4 is 5.32 Å². The van der Waals surface area contributed by atoms with Crippen LogP contribution in [-0.2, 0) is 15.0 Å². The van der Waals surface area contributed by atoms with Crippen molar-refractivity contribution in [3.63, 3.8) is 0 Å². The SMILES string of the molecule is CC(C)(C)OC(=O)NC1(c2ccccc2Br)CN(C(=O)OC(C)(C)C)C1. The first-order chi connectivity index (χ1) is 11.8. The minimum Gasteiger partial charge on any atom is -0.444 e. The number of carbonyl (C=O) groups excluding carboxylic acids is 2. The fraction of sp³-hybridized carbons (Fsp3) is 0.579. The average molecular weight is 427 g/mol. The van der Waals surface area contributed by atoms with Crippen molar-refractivity contribution in [2.45, 2.75) is 58.3 Å². The van der Waals surface area contributed by atoms with Crippen molar-refractivity contribution < 1.29 is 19.1 Å². The zero-order valence-electron chi connectivity index (χ0n) is 16.2. The molecule has 1 aromatic rings. The molecule has 0 aromatic heterocycles. The van der Waals surface area contributed by atoms with Crippen molar-refractivity contribution in [1.29, 1.82) is 0 Å². The quantitative estimate of drug-likeness (QED) is 0.759. The number of nitrogens with zero attached hydrogens (tertiary/aromatic N) is 1. The van der Waals surface area contributed by atoms with E-state index in [1.165, 1.54) is 0 Å². The largest absolute Gasteiger partial charge is 0.444 e. The Hall–Kier alpha value is -1.76. The zero-order valence-corrected chi connectivity index (χ0v) is 17.8. The molecule has 0 aliphatic carbocycles. The van der Waals surface area contributed by atoms with Gasteiger partial charge in [0.25, 0.3) is 0 Å². The molecule has 0 atom stereocenters. The van der Waals surface area contributed by atoms with Gasteiger partial charge in [-0.25, -0.2) is 9.59 Å². The Morgan fingerprint density at radius 3 is 2.08 bits per heavy atom. The van der Waals surface area contributed by atoms with Gasteiger partial charge in [0, 0.05) is 4.47 Å². The summed E-state index contributed by atoms with van der Waals surface area (Å²) in [6, 6.07) is 7.63. The fourth-order valence-corrected chi connectivity index (χ4v) is 3.39. The lowest BCUT2D eigenvalue weighted by molar-refractivity contribution is -0.0231. The molecule has 26 heavy (non-hydrogen) atoms. The number of amides is 2. The predicted molar refractivity (Wildman–Crippen MR) is 103 cm³/mol. The van der Waals surface area contributed by atoms with E-state index in [9.17, 15) is 9.59 Å². The number of ether oxygens (including phenoxy) is 2. The maximum atomic E-state index is 12.4. The number of carbonyl (C=O) groups is 2.